The second-order valence-electron chi connectivity index (χ2n) is 6.18. The van der Waals surface area contributed by atoms with Crippen molar-refractivity contribution in [2.24, 2.45) is 0 Å². The van der Waals surface area contributed by atoms with E-state index in [0.29, 0.717) is 37.2 Å². The molecule has 0 unspecified atom stereocenters. The molecule has 3 aromatic rings. The van der Waals surface area contributed by atoms with Gasteiger partial charge >= 0.3 is 0 Å². The summed E-state index contributed by atoms with van der Waals surface area (Å²) in [4.78, 5) is 28.2. The number of hydrogen-bond donors (Lipinski definition) is 2. The number of nitrogens with zero attached hydrogens (tertiary/aromatic N) is 3. The van der Waals surface area contributed by atoms with E-state index in [1.54, 1.807) is 43.8 Å². The highest BCUT2D eigenvalue weighted by atomic mass is 32.1. The summed E-state index contributed by atoms with van der Waals surface area (Å²) in [5.74, 6) is 0.370. The zero-order valence-corrected chi connectivity index (χ0v) is 16.7. The fourth-order valence-corrected chi connectivity index (χ4v) is 3.27. The third kappa shape index (κ3) is 6.35. The van der Waals surface area contributed by atoms with E-state index in [2.05, 4.69) is 25.8 Å². The molecule has 0 fully saturated rings. The van der Waals surface area contributed by atoms with E-state index in [1.165, 1.54) is 11.3 Å². The number of carbonyl (C=O) groups is 2. The number of methoxy groups -OCH3 is 1. The molecule has 9 heteroatoms. The number of pyridine rings is 1. The van der Waals surface area contributed by atoms with Crippen molar-refractivity contribution in [3.05, 3.63) is 64.4 Å². The van der Waals surface area contributed by atoms with Crippen LogP contribution in [0.5, 0.6) is 5.75 Å². The maximum atomic E-state index is 12.3. The second-order valence-corrected chi connectivity index (χ2v) is 7.24. The highest BCUT2D eigenvalue weighted by Gasteiger charge is 2.13. The van der Waals surface area contributed by atoms with Crippen molar-refractivity contribution in [3.63, 3.8) is 0 Å². The van der Waals surface area contributed by atoms with Crippen LogP contribution < -0.4 is 15.4 Å². The molecule has 2 N–H and O–H groups in total. The van der Waals surface area contributed by atoms with Gasteiger partial charge in [-0.2, -0.15) is 0 Å². The minimum absolute atomic E-state index is 0.0316. The van der Waals surface area contributed by atoms with Crippen LogP contribution in [0.3, 0.4) is 0 Å². The third-order valence-corrected chi connectivity index (χ3v) is 5.00. The van der Waals surface area contributed by atoms with Crippen LogP contribution in [0.2, 0.25) is 0 Å². The molecule has 0 saturated carbocycles. The molecule has 0 bridgehead atoms. The first-order chi connectivity index (χ1) is 14.1. The van der Waals surface area contributed by atoms with Crippen molar-refractivity contribution in [2.45, 2.75) is 25.8 Å². The largest absolute Gasteiger partial charge is 0.497 e. The van der Waals surface area contributed by atoms with Gasteiger partial charge in [0.2, 0.25) is 10.9 Å². The maximum absolute atomic E-state index is 12.3. The molecule has 0 radical (unpaired) electrons. The van der Waals surface area contributed by atoms with Crippen molar-refractivity contribution in [1.82, 2.24) is 20.5 Å². The summed E-state index contributed by atoms with van der Waals surface area (Å²) in [6, 6.07) is 10.8. The molecular formula is C20H21N5O3S. The quantitative estimate of drug-likeness (QED) is 0.561. The van der Waals surface area contributed by atoms with Crippen molar-refractivity contribution in [2.75, 3.05) is 12.4 Å². The Morgan fingerprint density at radius 3 is 2.69 bits per heavy atom. The summed E-state index contributed by atoms with van der Waals surface area (Å²) in [6.07, 6.45) is 5.02. The van der Waals surface area contributed by atoms with Gasteiger partial charge in [0, 0.05) is 37.5 Å². The van der Waals surface area contributed by atoms with E-state index >= 15 is 0 Å². The second kappa shape index (κ2) is 10.3. The minimum Gasteiger partial charge on any atom is -0.497 e. The number of aryl methyl sites for hydroxylation is 1. The molecule has 0 saturated heterocycles. The first kappa shape index (κ1) is 20.4. The predicted octanol–water partition coefficient (Wildman–Crippen LogP) is 2.83. The summed E-state index contributed by atoms with van der Waals surface area (Å²) >= 11 is 1.23. The molecule has 0 atom stereocenters. The van der Waals surface area contributed by atoms with E-state index in [-0.39, 0.29) is 16.8 Å². The van der Waals surface area contributed by atoms with Crippen LogP contribution in [-0.4, -0.2) is 34.1 Å². The van der Waals surface area contributed by atoms with Gasteiger partial charge in [0.1, 0.15) is 10.8 Å². The fourth-order valence-electron chi connectivity index (χ4n) is 2.50. The normalized spacial score (nSPS) is 10.4. The molecule has 2 heterocycles. The summed E-state index contributed by atoms with van der Waals surface area (Å²) in [5, 5.41) is 14.6. The lowest BCUT2D eigenvalue weighted by molar-refractivity contribution is -0.121. The Morgan fingerprint density at radius 1 is 1.14 bits per heavy atom. The number of ether oxygens (including phenoxy) is 1. The predicted molar refractivity (Wildman–Crippen MR) is 110 cm³/mol. The number of nitrogens with one attached hydrogen (secondary N) is 2. The summed E-state index contributed by atoms with van der Waals surface area (Å²) in [7, 11) is 1.58. The standard InChI is InChI=1S/C20H21N5O3S/c1-28-16-9-7-15(8-10-16)23-19(27)20-25-24-18(29-20)6-2-5-17(26)22-13-14-4-3-11-21-12-14/h3-4,7-12H,2,5-6,13H2,1H3,(H,22,26)(H,23,27). The molecule has 150 valence electrons. The monoisotopic (exact) mass is 411 g/mol. The Bertz CT molecular complexity index is 944. The van der Waals surface area contributed by atoms with Crippen LogP contribution in [0.4, 0.5) is 5.69 Å². The number of benzene rings is 1. The van der Waals surface area contributed by atoms with E-state index in [4.69, 9.17) is 4.74 Å². The minimum atomic E-state index is -0.312. The van der Waals surface area contributed by atoms with Gasteiger partial charge < -0.3 is 15.4 Å². The van der Waals surface area contributed by atoms with Gasteiger partial charge in [-0.15, -0.1) is 10.2 Å². The number of aromatic nitrogens is 3. The van der Waals surface area contributed by atoms with Crippen LogP contribution in [-0.2, 0) is 17.8 Å². The van der Waals surface area contributed by atoms with Gasteiger partial charge in [0.05, 0.1) is 7.11 Å². The first-order valence-corrected chi connectivity index (χ1v) is 9.89. The number of rotatable bonds is 9. The number of carbonyl (C=O) groups excluding carboxylic acids is 2. The van der Waals surface area contributed by atoms with Crippen molar-refractivity contribution >= 4 is 28.8 Å². The highest BCUT2D eigenvalue weighted by Crippen LogP contribution is 2.18. The third-order valence-electron chi connectivity index (χ3n) is 4.02. The molecular weight excluding hydrogens is 390 g/mol. The molecule has 1 aromatic carbocycles. The average Bonchev–Trinajstić information content (AvgIpc) is 3.23. The van der Waals surface area contributed by atoms with Crippen LogP contribution >= 0.6 is 11.3 Å². The zero-order valence-electron chi connectivity index (χ0n) is 15.9. The lowest BCUT2D eigenvalue weighted by Gasteiger charge is -2.04. The van der Waals surface area contributed by atoms with Crippen LogP contribution in [0.1, 0.15) is 33.2 Å². The van der Waals surface area contributed by atoms with Crippen LogP contribution in [0.25, 0.3) is 0 Å². The van der Waals surface area contributed by atoms with Crippen molar-refractivity contribution < 1.29 is 14.3 Å². The van der Waals surface area contributed by atoms with Gasteiger partial charge in [0.25, 0.3) is 5.91 Å². The Labute approximate surface area is 172 Å². The van der Waals surface area contributed by atoms with E-state index < -0.39 is 0 Å². The van der Waals surface area contributed by atoms with E-state index in [0.717, 1.165) is 10.6 Å². The number of hydrogen-bond acceptors (Lipinski definition) is 7. The Hall–Kier alpha value is -3.33. The summed E-state index contributed by atoms with van der Waals surface area (Å²) in [5.41, 5.74) is 1.61. The van der Waals surface area contributed by atoms with Crippen LogP contribution in [0.15, 0.2) is 48.8 Å². The highest BCUT2D eigenvalue weighted by molar-refractivity contribution is 7.13. The van der Waals surface area contributed by atoms with E-state index in [9.17, 15) is 9.59 Å². The van der Waals surface area contributed by atoms with Crippen molar-refractivity contribution in [3.8, 4) is 5.75 Å². The summed E-state index contributed by atoms with van der Waals surface area (Å²) < 4.78 is 5.09. The van der Waals surface area contributed by atoms with Crippen molar-refractivity contribution in [1.29, 1.82) is 0 Å². The zero-order chi connectivity index (χ0) is 20.5. The Morgan fingerprint density at radius 2 is 1.97 bits per heavy atom. The molecule has 3 rings (SSSR count). The lowest BCUT2D eigenvalue weighted by Crippen LogP contribution is -2.22. The molecule has 2 aromatic heterocycles. The molecule has 0 aliphatic rings. The Kier molecular flexibility index (Phi) is 7.23. The number of amides is 2. The Balaban J connectivity index is 1.41. The van der Waals surface area contributed by atoms with Gasteiger partial charge in [0.15, 0.2) is 0 Å². The SMILES string of the molecule is COc1ccc(NC(=O)c2nnc(CCCC(=O)NCc3cccnc3)s2)cc1. The van der Waals surface area contributed by atoms with Gasteiger partial charge in [-0.1, -0.05) is 17.4 Å². The average molecular weight is 411 g/mol. The molecule has 0 spiro atoms. The lowest BCUT2D eigenvalue weighted by atomic mass is 10.2. The van der Waals surface area contributed by atoms with Gasteiger partial charge in [-0.25, -0.2) is 0 Å². The van der Waals surface area contributed by atoms with Crippen LogP contribution in [0, 0.1) is 0 Å². The summed E-state index contributed by atoms with van der Waals surface area (Å²) in [6.45, 7) is 0.459. The molecule has 2 amide bonds. The molecule has 0 aliphatic heterocycles. The molecule has 8 nitrogen and oxygen atoms in total. The number of anilines is 1. The smallest absolute Gasteiger partial charge is 0.286 e. The van der Waals surface area contributed by atoms with Gasteiger partial charge in [-0.3, -0.25) is 14.6 Å². The fraction of sp³-hybridized carbons (Fsp3) is 0.250. The van der Waals surface area contributed by atoms with Gasteiger partial charge in [-0.05, 0) is 42.3 Å². The molecule has 0 aliphatic carbocycles. The van der Waals surface area contributed by atoms with E-state index in [1.807, 2.05) is 12.1 Å². The topological polar surface area (TPSA) is 106 Å². The maximum Gasteiger partial charge on any atom is 0.286 e. The first-order valence-electron chi connectivity index (χ1n) is 9.07. The molecule has 29 heavy (non-hydrogen) atoms.